The Morgan fingerprint density at radius 1 is 1.53 bits per heavy atom. The summed E-state index contributed by atoms with van der Waals surface area (Å²) in [6.07, 6.45) is 1.96. The maximum Gasteiger partial charge on any atom is 0.255 e. The summed E-state index contributed by atoms with van der Waals surface area (Å²) in [7, 11) is 0. The van der Waals surface area contributed by atoms with Crippen LogP contribution in [0.5, 0.6) is 0 Å². The summed E-state index contributed by atoms with van der Waals surface area (Å²) in [5, 5.41) is 11.1. The topological polar surface area (TPSA) is 104 Å². The van der Waals surface area contributed by atoms with Gasteiger partial charge in [0.15, 0.2) is 0 Å². The number of H-pyrrole nitrogens is 1. The first-order valence-electron chi connectivity index (χ1n) is 5.22. The van der Waals surface area contributed by atoms with E-state index in [1.165, 1.54) is 6.20 Å². The van der Waals surface area contributed by atoms with Crippen molar-refractivity contribution < 1.29 is 14.4 Å². The van der Waals surface area contributed by atoms with E-state index in [2.05, 4.69) is 20.8 Å². The zero-order chi connectivity index (χ0) is 12.4. The Hall–Kier alpha value is -2.18. The number of carbonyl (C=O) groups excluding carboxylic acids is 3. The molecular weight excluding hydrogens is 224 g/mol. The molecule has 90 valence electrons. The summed E-state index contributed by atoms with van der Waals surface area (Å²) in [5.74, 6) is -1.14. The molecule has 0 spiro atoms. The van der Waals surface area contributed by atoms with Gasteiger partial charge in [-0.2, -0.15) is 5.10 Å². The Morgan fingerprint density at radius 2 is 2.29 bits per heavy atom. The molecule has 1 aromatic heterocycles. The van der Waals surface area contributed by atoms with Crippen molar-refractivity contribution in [3.63, 3.8) is 0 Å². The predicted octanol–water partition coefficient (Wildman–Crippen LogP) is -0.747. The molecule has 1 fully saturated rings. The van der Waals surface area contributed by atoms with Gasteiger partial charge >= 0.3 is 0 Å². The lowest BCUT2D eigenvalue weighted by Gasteiger charge is -2.21. The first kappa shape index (κ1) is 11.3. The lowest BCUT2D eigenvalue weighted by Crippen LogP contribution is -2.52. The molecule has 0 radical (unpaired) electrons. The zero-order valence-electron chi connectivity index (χ0n) is 9.24. The summed E-state index contributed by atoms with van der Waals surface area (Å²) >= 11 is 0. The number of amides is 3. The van der Waals surface area contributed by atoms with E-state index in [1.54, 1.807) is 6.92 Å². The highest BCUT2D eigenvalue weighted by atomic mass is 16.2. The Morgan fingerprint density at radius 3 is 2.88 bits per heavy atom. The summed E-state index contributed by atoms with van der Waals surface area (Å²) in [6, 6.07) is -0.658. The first-order valence-corrected chi connectivity index (χ1v) is 5.22. The van der Waals surface area contributed by atoms with Crippen molar-refractivity contribution in [3.8, 4) is 0 Å². The van der Waals surface area contributed by atoms with Crippen LogP contribution in [0, 0.1) is 6.92 Å². The minimum atomic E-state index is -0.658. The minimum Gasteiger partial charge on any atom is -0.340 e. The van der Waals surface area contributed by atoms with Gasteiger partial charge in [0.05, 0.1) is 11.8 Å². The second-order valence-electron chi connectivity index (χ2n) is 3.89. The maximum atomic E-state index is 11.8. The molecule has 1 aliphatic rings. The van der Waals surface area contributed by atoms with Crippen molar-refractivity contribution in [1.82, 2.24) is 20.8 Å². The molecular formula is C10H12N4O3. The molecule has 1 aliphatic heterocycles. The Labute approximate surface area is 97.0 Å². The molecule has 7 heteroatoms. The van der Waals surface area contributed by atoms with Crippen molar-refractivity contribution in [1.29, 1.82) is 0 Å². The number of aryl methyl sites for hydroxylation is 1. The van der Waals surface area contributed by atoms with Crippen LogP contribution >= 0.6 is 0 Å². The van der Waals surface area contributed by atoms with Gasteiger partial charge in [-0.15, -0.1) is 0 Å². The van der Waals surface area contributed by atoms with E-state index < -0.39 is 11.9 Å². The SMILES string of the molecule is Cc1[nH]ncc1C(=O)NC1CCC(=O)NC1=O. The number of nitrogens with one attached hydrogen (secondary N) is 3. The van der Waals surface area contributed by atoms with Crippen molar-refractivity contribution >= 4 is 17.7 Å². The standard InChI is InChI=1S/C10H12N4O3/c1-5-6(4-11-14-5)9(16)12-7-2-3-8(15)13-10(7)17/h4,7H,2-3H2,1H3,(H,11,14)(H,12,16)(H,13,15,17). The molecule has 0 bridgehead atoms. The quantitative estimate of drug-likeness (QED) is 0.588. The molecule has 1 saturated heterocycles. The number of nitrogens with zero attached hydrogens (tertiary/aromatic N) is 1. The molecule has 2 rings (SSSR count). The number of hydrogen-bond acceptors (Lipinski definition) is 4. The molecule has 1 aromatic rings. The second kappa shape index (κ2) is 4.36. The highest BCUT2D eigenvalue weighted by Crippen LogP contribution is 2.07. The number of aromatic amines is 1. The number of imide groups is 1. The van der Waals surface area contributed by atoms with Crippen LogP contribution in [-0.4, -0.2) is 34.0 Å². The maximum absolute atomic E-state index is 11.8. The third-order valence-electron chi connectivity index (χ3n) is 2.62. The number of carbonyl (C=O) groups is 3. The molecule has 2 heterocycles. The van der Waals surface area contributed by atoms with Gasteiger partial charge in [0.25, 0.3) is 5.91 Å². The van der Waals surface area contributed by atoms with E-state index >= 15 is 0 Å². The van der Waals surface area contributed by atoms with Crippen LogP contribution in [0.25, 0.3) is 0 Å². The van der Waals surface area contributed by atoms with Crippen LogP contribution in [0.4, 0.5) is 0 Å². The smallest absolute Gasteiger partial charge is 0.255 e. The zero-order valence-corrected chi connectivity index (χ0v) is 9.24. The van der Waals surface area contributed by atoms with Gasteiger partial charge in [0.1, 0.15) is 6.04 Å². The van der Waals surface area contributed by atoms with Crippen LogP contribution in [0.1, 0.15) is 28.9 Å². The van der Waals surface area contributed by atoms with Crippen molar-refractivity contribution in [2.75, 3.05) is 0 Å². The summed E-state index contributed by atoms with van der Waals surface area (Å²) in [6.45, 7) is 1.71. The average molecular weight is 236 g/mol. The fraction of sp³-hybridized carbons (Fsp3) is 0.400. The Balaban J connectivity index is 2.02. The van der Waals surface area contributed by atoms with Crippen molar-refractivity contribution in [3.05, 3.63) is 17.5 Å². The van der Waals surface area contributed by atoms with E-state index in [0.29, 0.717) is 17.7 Å². The summed E-state index contributed by atoms with van der Waals surface area (Å²) in [4.78, 5) is 34.1. The Bertz CT molecular complexity index is 480. The Kier molecular flexibility index (Phi) is 2.90. The number of hydrogen-bond donors (Lipinski definition) is 3. The fourth-order valence-corrected chi connectivity index (χ4v) is 1.65. The predicted molar refractivity (Wildman–Crippen MR) is 57.0 cm³/mol. The third kappa shape index (κ3) is 2.32. The van der Waals surface area contributed by atoms with Crippen LogP contribution in [0.3, 0.4) is 0 Å². The molecule has 17 heavy (non-hydrogen) atoms. The van der Waals surface area contributed by atoms with E-state index in [9.17, 15) is 14.4 Å². The molecule has 7 nitrogen and oxygen atoms in total. The first-order chi connectivity index (χ1) is 8.08. The van der Waals surface area contributed by atoms with Gasteiger partial charge in [-0.05, 0) is 13.3 Å². The summed E-state index contributed by atoms with van der Waals surface area (Å²) < 4.78 is 0. The highest BCUT2D eigenvalue weighted by molar-refractivity contribution is 6.03. The van der Waals surface area contributed by atoms with E-state index in [4.69, 9.17) is 0 Å². The lowest BCUT2D eigenvalue weighted by molar-refractivity contribution is -0.134. The molecule has 1 unspecified atom stereocenters. The molecule has 1 atom stereocenters. The molecule has 0 aliphatic carbocycles. The van der Waals surface area contributed by atoms with E-state index in [0.717, 1.165) is 0 Å². The average Bonchev–Trinajstić information content (AvgIpc) is 2.68. The minimum absolute atomic E-state index is 0.237. The summed E-state index contributed by atoms with van der Waals surface area (Å²) in [5.41, 5.74) is 1.03. The van der Waals surface area contributed by atoms with Gasteiger partial charge < -0.3 is 5.32 Å². The largest absolute Gasteiger partial charge is 0.340 e. The van der Waals surface area contributed by atoms with Gasteiger partial charge in [0.2, 0.25) is 11.8 Å². The van der Waals surface area contributed by atoms with Crippen molar-refractivity contribution in [2.45, 2.75) is 25.8 Å². The van der Waals surface area contributed by atoms with Crippen LogP contribution in [-0.2, 0) is 9.59 Å². The number of aromatic nitrogens is 2. The molecule has 0 saturated carbocycles. The third-order valence-corrected chi connectivity index (χ3v) is 2.62. The number of rotatable bonds is 2. The molecule has 3 amide bonds. The van der Waals surface area contributed by atoms with Gasteiger partial charge in [-0.1, -0.05) is 0 Å². The lowest BCUT2D eigenvalue weighted by atomic mass is 10.1. The van der Waals surface area contributed by atoms with Crippen LogP contribution in [0.15, 0.2) is 6.20 Å². The van der Waals surface area contributed by atoms with Crippen molar-refractivity contribution in [2.24, 2.45) is 0 Å². The number of piperidine rings is 1. The van der Waals surface area contributed by atoms with E-state index in [1.807, 2.05) is 0 Å². The van der Waals surface area contributed by atoms with Gasteiger partial charge in [-0.3, -0.25) is 24.8 Å². The van der Waals surface area contributed by atoms with E-state index in [-0.39, 0.29) is 18.2 Å². The second-order valence-corrected chi connectivity index (χ2v) is 3.89. The molecule has 0 aromatic carbocycles. The van der Waals surface area contributed by atoms with Gasteiger partial charge in [0, 0.05) is 12.1 Å². The van der Waals surface area contributed by atoms with Gasteiger partial charge in [-0.25, -0.2) is 0 Å². The monoisotopic (exact) mass is 236 g/mol. The normalized spacial score (nSPS) is 19.9. The fourth-order valence-electron chi connectivity index (χ4n) is 1.65. The van der Waals surface area contributed by atoms with Crippen LogP contribution < -0.4 is 10.6 Å². The highest BCUT2D eigenvalue weighted by Gasteiger charge is 2.28. The molecule has 3 N–H and O–H groups in total. The van der Waals surface area contributed by atoms with Crippen LogP contribution in [0.2, 0.25) is 0 Å².